The van der Waals surface area contributed by atoms with Gasteiger partial charge < -0.3 is 15.4 Å². The first-order valence-corrected chi connectivity index (χ1v) is 15.3. The molecule has 0 saturated carbocycles. The first-order valence-electron chi connectivity index (χ1n) is 14.2. The molecule has 1 aliphatic rings. The lowest BCUT2D eigenvalue weighted by Crippen LogP contribution is -2.17. The van der Waals surface area contributed by atoms with E-state index >= 15 is 0 Å². The van der Waals surface area contributed by atoms with Crippen molar-refractivity contribution in [2.45, 2.75) is 32.4 Å². The van der Waals surface area contributed by atoms with Crippen molar-refractivity contribution in [3.63, 3.8) is 0 Å². The largest absolute Gasteiger partial charge is 0.358 e. The molecule has 0 amide bonds. The van der Waals surface area contributed by atoms with Crippen molar-refractivity contribution < 1.29 is 13.5 Å². The molecule has 2 unspecified atom stereocenters. The maximum atomic E-state index is 11.2. The summed E-state index contributed by atoms with van der Waals surface area (Å²) < 4.78 is 30.9. The van der Waals surface area contributed by atoms with Crippen LogP contribution in [0.3, 0.4) is 0 Å². The summed E-state index contributed by atoms with van der Waals surface area (Å²) in [6, 6.07) is 17.0. The van der Waals surface area contributed by atoms with Gasteiger partial charge in [0.25, 0.3) is 11.3 Å². The summed E-state index contributed by atoms with van der Waals surface area (Å²) in [7, 11) is 0. The predicted molar refractivity (Wildman–Crippen MR) is 171 cm³/mol. The molecule has 4 aromatic heterocycles. The molecule has 5 heterocycles. The summed E-state index contributed by atoms with van der Waals surface area (Å²) in [6.45, 7) is 2.77. The molecule has 44 heavy (non-hydrogen) atoms. The van der Waals surface area contributed by atoms with E-state index in [2.05, 4.69) is 30.3 Å². The highest BCUT2D eigenvalue weighted by Gasteiger charge is 2.22. The molecular formula is C31H29N9O3S. The van der Waals surface area contributed by atoms with Gasteiger partial charge in [0.1, 0.15) is 35.4 Å². The normalized spacial score (nSPS) is 15.7. The number of imidazole rings is 1. The lowest BCUT2D eigenvalue weighted by Gasteiger charge is -2.23. The Morgan fingerprint density at radius 1 is 0.909 bits per heavy atom. The molecule has 0 aliphatic carbocycles. The van der Waals surface area contributed by atoms with Gasteiger partial charge >= 0.3 is 0 Å². The third kappa shape index (κ3) is 5.43. The van der Waals surface area contributed by atoms with E-state index in [0.29, 0.717) is 34.2 Å². The molecule has 13 heteroatoms. The number of ether oxygens (including phenoxy) is 1. The van der Waals surface area contributed by atoms with E-state index in [-0.39, 0.29) is 6.23 Å². The molecular weight excluding hydrogens is 578 g/mol. The van der Waals surface area contributed by atoms with Gasteiger partial charge in [0.15, 0.2) is 5.65 Å². The van der Waals surface area contributed by atoms with E-state index in [1.807, 2.05) is 47.9 Å². The van der Waals surface area contributed by atoms with Crippen LogP contribution in [0.25, 0.3) is 33.2 Å². The van der Waals surface area contributed by atoms with Gasteiger partial charge in [-0.15, -0.1) is 0 Å². The number of pyridine rings is 2. The van der Waals surface area contributed by atoms with Gasteiger partial charge in [0.2, 0.25) is 0 Å². The molecule has 2 atom stereocenters. The van der Waals surface area contributed by atoms with Crippen LogP contribution >= 0.6 is 0 Å². The van der Waals surface area contributed by atoms with Crippen LogP contribution in [0.2, 0.25) is 0 Å². The van der Waals surface area contributed by atoms with Gasteiger partial charge in [-0.25, -0.2) is 29.1 Å². The van der Waals surface area contributed by atoms with Gasteiger partial charge in [-0.2, -0.15) is 0 Å². The van der Waals surface area contributed by atoms with E-state index < -0.39 is 11.3 Å². The Morgan fingerprint density at radius 3 is 2.66 bits per heavy atom. The first kappa shape index (κ1) is 27.8. The Morgan fingerprint density at radius 2 is 1.80 bits per heavy atom. The minimum Gasteiger partial charge on any atom is -0.358 e. The Balaban J connectivity index is 1.25. The van der Waals surface area contributed by atoms with Gasteiger partial charge in [0, 0.05) is 41.0 Å². The molecule has 222 valence electrons. The van der Waals surface area contributed by atoms with Gasteiger partial charge in [-0.05, 0) is 68.1 Å². The number of aromatic nitrogens is 6. The molecule has 0 bridgehead atoms. The highest BCUT2D eigenvalue weighted by atomic mass is 32.2. The lowest BCUT2D eigenvalue weighted by molar-refractivity contribution is -0.0298. The fraction of sp³-hybridized carbons (Fsp3) is 0.194. The third-order valence-electron chi connectivity index (χ3n) is 7.62. The standard InChI is InChI=1S/C31H29N9O3S/c1-19-10-11-23-22(12-14-33-29(23)37-20-6-4-7-21(16-20)39-44(41)42)26(19)38-30-24(8-5-13-32-30)27-28-31(35-17-34-27)40(18-36-28)25-9-2-3-15-43-25/h4-8,10-14,16-18,25,39H,2-3,9,15H2,1H3,(H,32,38)(H,33,37)(H,41,42). The number of fused-ring (bicyclic) bond motifs is 2. The van der Waals surface area contributed by atoms with Crippen molar-refractivity contribution in [3.05, 3.63) is 85.2 Å². The number of hydrogen-bond acceptors (Lipinski definition) is 9. The molecule has 4 N–H and O–H groups in total. The number of nitrogens with one attached hydrogen (secondary N) is 3. The Bertz CT molecular complexity index is 2010. The van der Waals surface area contributed by atoms with Crippen molar-refractivity contribution in [2.24, 2.45) is 0 Å². The summed E-state index contributed by atoms with van der Waals surface area (Å²) >= 11 is -2.17. The number of hydrogen-bond donors (Lipinski definition) is 4. The number of nitrogens with zero attached hydrogens (tertiary/aromatic N) is 6. The summed E-state index contributed by atoms with van der Waals surface area (Å²) in [6.07, 6.45) is 9.83. The summed E-state index contributed by atoms with van der Waals surface area (Å²) in [4.78, 5) is 23.2. The molecule has 6 aromatic rings. The van der Waals surface area contributed by atoms with Gasteiger partial charge in [-0.3, -0.25) is 13.8 Å². The average molecular weight is 608 g/mol. The molecule has 7 rings (SSSR count). The first-order chi connectivity index (χ1) is 21.5. The minimum absolute atomic E-state index is 0.0878. The quantitative estimate of drug-likeness (QED) is 0.141. The van der Waals surface area contributed by atoms with Crippen molar-refractivity contribution in [1.29, 1.82) is 0 Å². The van der Waals surface area contributed by atoms with Crippen molar-refractivity contribution in [3.8, 4) is 11.3 Å². The lowest BCUT2D eigenvalue weighted by atomic mass is 10.0. The zero-order valence-corrected chi connectivity index (χ0v) is 24.6. The smallest absolute Gasteiger partial charge is 0.259 e. The summed E-state index contributed by atoms with van der Waals surface area (Å²) in [5.74, 6) is 1.27. The van der Waals surface area contributed by atoms with Crippen molar-refractivity contribution >= 4 is 61.9 Å². The van der Waals surface area contributed by atoms with E-state index in [1.165, 1.54) is 0 Å². The van der Waals surface area contributed by atoms with Crippen molar-refractivity contribution in [1.82, 2.24) is 29.5 Å². The van der Waals surface area contributed by atoms with E-state index in [0.717, 1.165) is 59.1 Å². The second kappa shape index (κ2) is 12.0. The Hall–Kier alpha value is -4.98. The third-order valence-corrected chi connectivity index (χ3v) is 8.03. The zero-order chi connectivity index (χ0) is 30.0. The van der Waals surface area contributed by atoms with Crippen LogP contribution in [0.1, 0.15) is 31.1 Å². The highest BCUT2D eigenvalue weighted by molar-refractivity contribution is 7.80. The van der Waals surface area contributed by atoms with Gasteiger partial charge in [0.05, 0.1) is 17.7 Å². The maximum absolute atomic E-state index is 11.2. The zero-order valence-electron chi connectivity index (χ0n) is 23.8. The second-order valence-electron chi connectivity index (χ2n) is 10.5. The van der Waals surface area contributed by atoms with E-state index in [9.17, 15) is 8.76 Å². The molecule has 0 radical (unpaired) electrons. The summed E-state index contributed by atoms with van der Waals surface area (Å²) in [5.41, 5.74) is 6.01. The molecule has 12 nitrogen and oxygen atoms in total. The number of aryl methyl sites for hydroxylation is 1. The van der Waals surface area contributed by atoms with Crippen LogP contribution in [-0.2, 0) is 16.0 Å². The Kier molecular flexibility index (Phi) is 7.56. The minimum atomic E-state index is -2.17. The second-order valence-corrected chi connectivity index (χ2v) is 11.2. The monoisotopic (exact) mass is 607 g/mol. The van der Waals surface area contributed by atoms with Crippen LogP contribution in [0.5, 0.6) is 0 Å². The van der Waals surface area contributed by atoms with Crippen LogP contribution < -0.4 is 15.4 Å². The van der Waals surface area contributed by atoms with Crippen LogP contribution in [0.4, 0.5) is 28.7 Å². The highest BCUT2D eigenvalue weighted by Crippen LogP contribution is 2.37. The number of benzene rings is 2. The molecule has 1 aliphatic heterocycles. The van der Waals surface area contributed by atoms with Crippen LogP contribution in [-0.4, -0.2) is 44.9 Å². The fourth-order valence-corrected chi connectivity index (χ4v) is 5.87. The molecule has 0 spiro atoms. The molecule has 2 aromatic carbocycles. The fourth-order valence-electron chi connectivity index (χ4n) is 5.54. The topological polar surface area (TPSA) is 152 Å². The maximum Gasteiger partial charge on any atom is 0.259 e. The SMILES string of the molecule is Cc1ccc2c(Nc3cccc(NS(=O)O)c3)nccc2c1Nc1ncccc1-c1ncnc2c1ncn2C1CCCCO1. The van der Waals surface area contributed by atoms with Gasteiger partial charge in [-0.1, -0.05) is 18.2 Å². The van der Waals surface area contributed by atoms with Crippen LogP contribution in [0.15, 0.2) is 79.6 Å². The van der Waals surface area contributed by atoms with Crippen molar-refractivity contribution in [2.75, 3.05) is 22.0 Å². The number of anilines is 5. The Labute approximate surface area is 255 Å². The molecule has 1 saturated heterocycles. The molecule has 1 fully saturated rings. The van der Waals surface area contributed by atoms with Crippen LogP contribution in [0, 0.1) is 6.92 Å². The van der Waals surface area contributed by atoms with E-state index in [4.69, 9.17) is 14.7 Å². The summed E-state index contributed by atoms with van der Waals surface area (Å²) in [5, 5.41) is 8.75. The predicted octanol–water partition coefficient (Wildman–Crippen LogP) is 6.48. The van der Waals surface area contributed by atoms with E-state index in [1.54, 1.807) is 43.2 Å². The number of rotatable bonds is 8. The average Bonchev–Trinajstić information content (AvgIpc) is 3.48.